The number of hydrogen-bond donors (Lipinski definition) is 1. The first-order chi connectivity index (χ1) is 4.70. The van der Waals surface area contributed by atoms with Gasteiger partial charge in [0.05, 0.1) is 0 Å². The van der Waals surface area contributed by atoms with E-state index in [0.717, 1.165) is 6.54 Å². The fourth-order valence-corrected chi connectivity index (χ4v) is 0.956. The van der Waals surface area contributed by atoms with Crippen LogP contribution in [0.5, 0.6) is 0 Å². The third-order valence-electron chi connectivity index (χ3n) is 1.16. The highest BCUT2D eigenvalue weighted by molar-refractivity contribution is 7.80. The van der Waals surface area contributed by atoms with Crippen LogP contribution in [0.2, 0.25) is 0 Å². The number of aromatic nitrogens is 3. The van der Waals surface area contributed by atoms with Gasteiger partial charge in [0, 0.05) is 6.54 Å². The Morgan fingerprint density at radius 2 is 2.40 bits per heavy atom. The summed E-state index contributed by atoms with van der Waals surface area (Å²) in [6.07, 6.45) is 1.70. The molecule has 0 saturated carbocycles. The summed E-state index contributed by atoms with van der Waals surface area (Å²) in [5.41, 5.74) is 0. The molecule has 0 amide bonds. The summed E-state index contributed by atoms with van der Waals surface area (Å²) in [4.78, 5) is 0. The molecule has 0 N–H and O–H groups in total. The standard InChI is InChI=1S/C6H11N3S/c1-5(2)3-9-4-7-8-6(9)10/h4-5H,3H2,1-2H3,(H,8,10). The van der Waals surface area contributed by atoms with Crippen molar-refractivity contribution in [2.45, 2.75) is 25.5 Å². The molecular weight excluding hydrogens is 146 g/mol. The van der Waals surface area contributed by atoms with Gasteiger partial charge < -0.3 is 4.57 Å². The van der Waals surface area contributed by atoms with Crippen LogP contribution in [-0.4, -0.2) is 14.8 Å². The molecule has 56 valence electrons. The van der Waals surface area contributed by atoms with Crippen LogP contribution in [0.3, 0.4) is 0 Å². The predicted molar refractivity (Wildman–Crippen MR) is 42.1 cm³/mol. The third kappa shape index (κ3) is 1.73. The number of hydrogen-bond acceptors (Lipinski definition) is 3. The van der Waals surface area contributed by atoms with Crippen molar-refractivity contribution in [2.24, 2.45) is 5.92 Å². The maximum atomic E-state index is 4.11. The van der Waals surface area contributed by atoms with E-state index in [0.29, 0.717) is 11.1 Å². The Morgan fingerprint density at radius 3 is 2.80 bits per heavy atom. The van der Waals surface area contributed by atoms with E-state index in [1.165, 1.54) is 0 Å². The lowest BCUT2D eigenvalue weighted by atomic mass is 10.2. The van der Waals surface area contributed by atoms with Crippen molar-refractivity contribution in [1.29, 1.82) is 0 Å². The van der Waals surface area contributed by atoms with E-state index in [1.54, 1.807) is 6.33 Å². The zero-order valence-electron chi connectivity index (χ0n) is 6.15. The molecule has 0 bridgehead atoms. The van der Waals surface area contributed by atoms with Gasteiger partial charge in [0.1, 0.15) is 6.33 Å². The van der Waals surface area contributed by atoms with Gasteiger partial charge in [-0.1, -0.05) is 13.8 Å². The molecule has 0 radical (unpaired) electrons. The molecular formula is C6H11N3S. The highest BCUT2D eigenvalue weighted by Crippen LogP contribution is 2.04. The van der Waals surface area contributed by atoms with Crippen molar-refractivity contribution in [3.8, 4) is 0 Å². The molecule has 0 aliphatic carbocycles. The largest absolute Gasteiger partial charge is 0.309 e. The van der Waals surface area contributed by atoms with Gasteiger partial charge in [-0.2, -0.15) is 0 Å². The predicted octanol–water partition coefficient (Wildman–Crippen LogP) is 1.22. The Bertz CT molecular complexity index is 207. The Labute approximate surface area is 65.9 Å². The van der Waals surface area contributed by atoms with Crippen molar-refractivity contribution < 1.29 is 0 Å². The second-order valence-corrected chi connectivity index (χ2v) is 3.08. The minimum absolute atomic E-state index is 0.613. The Balaban J connectivity index is 2.65. The average molecular weight is 157 g/mol. The number of thiol groups is 1. The van der Waals surface area contributed by atoms with Crippen molar-refractivity contribution in [2.75, 3.05) is 0 Å². The van der Waals surface area contributed by atoms with Gasteiger partial charge >= 0.3 is 0 Å². The molecule has 1 heterocycles. The highest BCUT2D eigenvalue weighted by Gasteiger charge is 1.99. The monoisotopic (exact) mass is 157 g/mol. The molecule has 3 nitrogen and oxygen atoms in total. The van der Waals surface area contributed by atoms with E-state index in [9.17, 15) is 0 Å². The van der Waals surface area contributed by atoms with Crippen molar-refractivity contribution in [1.82, 2.24) is 14.8 Å². The summed E-state index contributed by atoms with van der Waals surface area (Å²) >= 11 is 4.11. The van der Waals surface area contributed by atoms with E-state index in [-0.39, 0.29) is 0 Å². The molecule has 0 aromatic carbocycles. The first-order valence-corrected chi connectivity index (χ1v) is 3.71. The molecule has 10 heavy (non-hydrogen) atoms. The Kier molecular flexibility index (Phi) is 2.32. The van der Waals surface area contributed by atoms with Crippen LogP contribution in [0, 0.1) is 5.92 Å². The molecule has 0 unspecified atom stereocenters. The lowest BCUT2D eigenvalue weighted by molar-refractivity contribution is 0.495. The van der Waals surface area contributed by atoms with Crippen LogP contribution in [0.1, 0.15) is 13.8 Å². The van der Waals surface area contributed by atoms with Crippen LogP contribution in [0.25, 0.3) is 0 Å². The van der Waals surface area contributed by atoms with E-state index in [1.807, 2.05) is 4.57 Å². The molecule has 0 spiro atoms. The summed E-state index contributed by atoms with van der Waals surface area (Å²) in [6, 6.07) is 0. The summed E-state index contributed by atoms with van der Waals surface area (Å²) in [5.74, 6) is 0.613. The fourth-order valence-electron chi connectivity index (χ4n) is 0.771. The van der Waals surface area contributed by atoms with Crippen molar-refractivity contribution in [3.05, 3.63) is 6.33 Å². The molecule has 1 rings (SSSR count). The highest BCUT2D eigenvalue weighted by atomic mass is 32.1. The summed E-state index contributed by atoms with van der Waals surface area (Å²) < 4.78 is 1.92. The van der Waals surface area contributed by atoms with Gasteiger partial charge in [-0.25, -0.2) is 0 Å². The number of nitrogens with zero attached hydrogens (tertiary/aromatic N) is 3. The second kappa shape index (κ2) is 3.05. The number of rotatable bonds is 2. The van der Waals surface area contributed by atoms with Crippen LogP contribution in [0.4, 0.5) is 0 Å². The minimum atomic E-state index is 0.613. The Morgan fingerprint density at radius 1 is 1.70 bits per heavy atom. The lowest BCUT2D eigenvalue weighted by Gasteiger charge is -2.04. The van der Waals surface area contributed by atoms with Gasteiger partial charge in [-0.05, 0) is 5.92 Å². The fraction of sp³-hybridized carbons (Fsp3) is 0.667. The summed E-state index contributed by atoms with van der Waals surface area (Å²) in [7, 11) is 0. The molecule has 0 aliphatic rings. The van der Waals surface area contributed by atoms with Crippen molar-refractivity contribution in [3.63, 3.8) is 0 Å². The van der Waals surface area contributed by atoms with Crippen LogP contribution in [-0.2, 0) is 6.54 Å². The van der Waals surface area contributed by atoms with E-state index < -0.39 is 0 Å². The van der Waals surface area contributed by atoms with Crippen molar-refractivity contribution >= 4 is 12.6 Å². The third-order valence-corrected chi connectivity index (χ3v) is 1.50. The molecule has 0 saturated heterocycles. The lowest BCUT2D eigenvalue weighted by Crippen LogP contribution is -2.03. The van der Waals surface area contributed by atoms with E-state index >= 15 is 0 Å². The molecule has 0 aliphatic heterocycles. The SMILES string of the molecule is CC(C)Cn1cnnc1S. The normalized spacial score (nSPS) is 10.8. The topological polar surface area (TPSA) is 30.7 Å². The zero-order chi connectivity index (χ0) is 7.56. The Hall–Kier alpha value is -0.510. The van der Waals surface area contributed by atoms with Crippen LogP contribution < -0.4 is 0 Å². The van der Waals surface area contributed by atoms with Gasteiger partial charge in [0.15, 0.2) is 5.16 Å². The molecule has 1 aromatic rings. The maximum Gasteiger partial charge on any atom is 0.187 e. The molecule has 0 atom stereocenters. The van der Waals surface area contributed by atoms with Gasteiger partial charge in [0.2, 0.25) is 0 Å². The van der Waals surface area contributed by atoms with E-state index in [4.69, 9.17) is 0 Å². The maximum absolute atomic E-state index is 4.11. The molecule has 4 heteroatoms. The quantitative estimate of drug-likeness (QED) is 0.654. The second-order valence-electron chi connectivity index (χ2n) is 2.68. The van der Waals surface area contributed by atoms with Gasteiger partial charge in [0.25, 0.3) is 0 Å². The summed E-state index contributed by atoms with van der Waals surface area (Å²) in [5, 5.41) is 8.15. The van der Waals surface area contributed by atoms with Gasteiger partial charge in [-0.3, -0.25) is 0 Å². The molecule has 1 aromatic heterocycles. The first-order valence-electron chi connectivity index (χ1n) is 3.27. The van der Waals surface area contributed by atoms with Crippen LogP contribution in [0.15, 0.2) is 11.5 Å². The summed E-state index contributed by atoms with van der Waals surface area (Å²) in [6.45, 7) is 5.23. The van der Waals surface area contributed by atoms with E-state index in [2.05, 4.69) is 36.7 Å². The zero-order valence-corrected chi connectivity index (χ0v) is 7.05. The van der Waals surface area contributed by atoms with Crippen LogP contribution >= 0.6 is 12.6 Å². The minimum Gasteiger partial charge on any atom is -0.309 e. The smallest absolute Gasteiger partial charge is 0.187 e. The first kappa shape index (κ1) is 7.60. The van der Waals surface area contributed by atoms with Gasteiger partial charge in [-0.15, -0.1) is 22.8 Å². The average Bonchev–Trinajstić information content (AvgIpc) is 2.15. The molecule has 0 fully saturated rings.